The minimum Gasteiger partial charge on any atom is -0.478 e. The summed E-state index contributed by atoms with van der Waals surface area (Å²) in [5.74, 6) is -2.20. The van der Waals surface area contributed by atoms with Crippen LogP contribution in [0.15, 0.2) is 40.9 Å². The number of nitrogens with one attached hydrogen (secondary N) is 1. The standard InChI is InChI=1S/C15H12BrF2NO2/c16-13-5-9(15(20)21)1-2-10(13)7-19-8-11-3-4-12(17)6-14(11)18/h1-6,19H,7-8H2,(H,20,21). The van der Waals surface area contributed by atoms with Gasteiger partial charge in [0.1, 0.15) is 11.6 Å². The third kappa shape index (κ3) is 4.09. The van der Waals surface area contributed by atoms with Gasteiger partial charge in [0.2, 0.25) is 0 Å². The maximum absolute atomic E-state index is 13.4. The Bertz CT molecular complexity index is 677. The Balaban J connectivity index is 1.99. The van der Waals surface area contributed by atoms with Crippen LogP contribution in [0.25, 0.3) is 0 Å². The van der Waals surface area contributed by atoms with Crippen LogP contribution in [0.2, 0.25) is 0 Å². The molecule has 0 radical (unpaired) electrons. The summed E-state index contributed by atoms with van der Waals surface area (Å²) in [6.45, 7) is 0.677. The first-order valence-electron chi connectivity index (χ1n) is 6.13. The lowest BCUT2D eigenvalue weighted by Gasteiger charge is -2.08. The number of hydrogen-bond donors (Lipinski definition) is 2. The van der Waals surface area contributed by atoms with E-state index in [1.807, 2.05) is 0 Å². The highest BCUT2D eigenvalue weighted by molar-refractivity contribution is 9.10. The van der Waals surface area contributed by atoms with Crippen LogP contribution in [0.4, 0.5) is 8.78 Å². The van der Waals surface area contributed by atoms with E-state index < -0.39 is 17.6 Å². The predicted octanol–water partition coefficient (Wildman–Crippen LogP) is 3.72. The summed E-state index contributed by atoms with van der Waals surface area (Å²) in [4.78, 5) is 10.8. The van der Waals surface area contributed by atoms with Gasteiger partial charge in [-0.3, -0.25) is 0 Å². The van der Waals surface area contributed by atoms with Gasteiger partial charge in [0.25, 0.3) is 0 Å². The van der Waals surface area contributed by atoms with Crippen molar-refractivity contribution in [3.05, 3.63) is 69.2 Å². The maximum atomic E-state index is 13.4. The quantitative estimate of drug-likeness (QED) is 0.859. The summed E-state index contributed by atoms with van der Waals surface area (Å²) in [6, 6.07) is 8.13. The average molecular weight is 356 g/mol. The van der Waals surface area contributed by atoms with Crippen LogP contribution in [-0.4, -0.2) is 11.1 Å². The van der Waals surface area contributed by atoms with Crippen LogP contribution in [0.1, 0.15) is 21.5 Å². The Labute approximate surface area is 128 Å². The minimum absolute atomic E-state index is 0.190. The van der Waals surface area contributed by atoms with Crippen molar-refractivity contribution in [3.63, 3.8) is 0 Å². The van der Waals surface area contributed by atoms with Gasteiger partial charge in [0.15, 0.2) is 0 Å². The molecule has 21 heavy (non-hydrogen) atoms. The lowest BCUT2D eigenvalue weighted by molar-refractivity contribution is 0.0697. The van der Waals surface area contributed by atoms with Gasteiger partial charge in [0.05, 0.1) is 5.56 Å². The third-order valence-electron chi connectivity index (χ3n) is 2.95. The Morgan fingerprint density at radius 2 is 1.76 bits per heavy atom. The molecule has 2 N–H and O–H groups in total. The minimum atomic E-state index is -0.997. The molecular formula is C15H12BrF2NO2. The van der Waals surface area contributed by atoms with E-state index in [1.165, 1.54) is 24.3 Å². The van der Waals surface area contributed by atoms with E-state index in [0.29, 0.717) is 16.6 Å². The van der Waals surface area contributed by atoms with Gasteiger partial charge < -0.3 is 10.4 Å². The van der Waals surface area contributed by atoms with E-state index in [1.54, 1.807) is 6.07 Å². The second-order valence-corrected chi connectivity index (χ2v) is 5.30. The maximum Gasteiger partial charge on any atom is 0.335 e. The number of carbonyl (C=O) groups is 1. The van der Waals surface area contributed by atoms with Gasteiger partial charge in [-0.05, 0) is 23.8 Å². The molecule has 2 aromatic rings. The first-order chi connectivity index (χ1) is 9.97. The molecule has 0 amide bonds. The molecule has 2 aromatic carbocycles. The second-order valence-electron chi connectivity index (χ2n) is 4.45. The fraction of sp³-hybridized carbons (Fsp3) is 0.133. The molecule has 0 fully saturated rings. The first-order valence-corrected chi connectivity index (χ1v) is 6.93. The zero-order chi connectivity index (χ0) is 15.4. The highest BCUT2D eigenvalue weighted by Crippen LogP contribution is 2.19. The van der Waals surface area contributed by atoms with E-state index in [4.69, 9.17) is 5.11 Å². The molecule has 2 rings (SSSR count). The summed E-state index contributed by atoms with van der Waals surface area (Å²) in [5, 5.41) is 11.9. The molecule has 6 heteroatoms. The van der Waals surface area contributed by atoms with Crippen LogP contribution in [0.3, 0.4) is 0 Å². The smallest absolute Gasteiger partial charge is 0.335 e. The van der Waals surface area contributed by atoms with Crippen molar-refractivity contribution in [1.29, 1.82) is 0 Å². The topological polar surface area (TPSA) is 49.3 Å². The van der Waals surface area contributed by atoms with Crippen molar-refractivity contribution in [2.75, 3.05) is 0 Å². The van der Waals surface area contributed by atoms with E-state index >= 15 is 0 Å². The average Bonchev–Trinajstić information content (AvgIpc) is 2.42. The fourth-order valence-electron chi connectivity index (χ4n) is 1.82. The number of carboxylic acids is 1. The molecule has 3 nitrogen and oxygen atoms in total. The normalized spacial score (nSPS) is 10.6. The van der Waals surface area contributed by atoms with E-state index in [9.17, 15) is 13.6 Å². The molecule has 0 heterocycles. The highest BCUT2D eigenvalue weighted by Gasteiger charge is 2.07. The molecule has 0 aliphatic carbocycles. The molecule has 0 spiro atoms. The van der Waals surface area contributed by atoms with Crippen molar-refractivity contribution in [3.8, 4) is 0 Å². The Hall–Kier alpha value is -1.79. The molecular weight excluding hydrogens is 344 g/mol. The SMILES string of the molecule is O=C(O)c1ccc(CNCc2ccc(F)cc2F)c(Br)c1. The number of carboxylic acid groups (broad SMARTS) is 1. The Kier molecular flexibility index (Phi) is 5.03. The van der Waals surface area contributed by atoms with Crippen molar-refractivity contribution >= 4 is 21.9 Å². The molecule has 0 saturated carbocycles. The van der Waals surface area contributed by atoms with Crippen LogP contribution >= 0.6 is 15.9 Å². The summed E-state index contributed by atoms with van der Waals surface area (Å²) in [7, 11) is 0. The monoisotopic (exact) mass is 355 g/mol. The lowest BCUT2D eigenvalue weighted by Crippen LogP contribution is -2.14. The molecule has 0 bridgehead atoms. The van der Waals surface area contributed by atoms with E-state index in [0.717, 1.165) is 11.6 Å². The predicted molar refractivity (Wildman–Crippen MR) is 78.0 cm³/mol. The molecule has 110 valence electrons. The van der Waals surface area contributed by atoms with E-state index in [2.05, 4.69) is 21.2 Å². The van der Waals surface area contributed by atoms with Crippen LogP contribution in [0, 0.1) is 11.6 Å². The van der Waals surface area contributed by atoms with Gasteiger partial charge in [-0.2, -0.15) is 0 Å². The summed E-state index contributed by atoms with van der Waals surface area (Å²) < 4.78 is 26.9. The summed E-state index contributed by atoms with van der Waals surface area (Å²) in [5.41, 5.74) is 1.41. The number of benzene rings is 2. The fourth-order valence-corrected chi connectivity index (χ4v) is 2.34. The van der Waals surface area contributed by atoms with E-state index in [-0.39, 0.29) is 12.1 Å². The Morgan fingerprint density at radius 3 is 2.38 bits per heavy atom. The number of hydrogen-bond acceptors (Lipinski definition) is 2. The second kappa shape index (κ2) is 6.78. The van der Waals surface area contributed by atoms with Gasteiger partial charge in [-0.15, -0.1) is 0 Å². The first kappa shape index (κ1) is 15.6. The van der Waals surface area contributed by atoms with Crippen molar-refractivity contribution < 1.29 is 18.7 Å². The molecule has 0 aromatic heterocycles. The van der Waals surface area contributed by atoms with Crippen LogP contribution in [-0.2, 0) is 13.1 Å². The molecule has 0 atom stereocenters. The zero-order valence-electron chi connectivity index (χ0n) is 10.9. The van der Waals surface area contributed by atoms with Gasteiger partial charge >= 0.3 is 5.97 Å². The number of rotatable bonds is 5. The molecule has 0 aliphatic heterocycles. The lowest BCUT2D eigenvalue weighted by atomic mass is 10.1. The number of aromatic carboxylic acids is 1. The molecule has 0 saturated heterocycles. The van der Waals surface area contributed by atoms with Gasteiger partial charge in [0, 0.05) is 29.2 Å². The van der Waals surface area contributed by atoms with Crippen LogP contribution in [0.5, 0.6) is 0 Å². The summed E-state index contributed by atoms with van der Waals surface area (Å²) >= 11 is 3.30. The van der Waals surface area contributed by atoms with Gasteiger partial charge in [-0.25, -0.2) is 13.6 Å². The zero-order valence-corrected chi connectivity index (χ0v) is 12.5. The third-order valence-corrected chi connectivity index (χ3v) is 3.68. The van der Waals surface area contributed by atoms with Crippen molar-refractivity contribution in [2.24, 2.45) is 0 Å². The summed E-state index contributed by atoms with van der Waals surface area (Å²) in [6.07, 6.45) is 0. The molecule has 0 unspecified atom stereocenters. The van der Waals surface area contributed by atoms with Crippen molar-refractivity contribution in [2.45, 2.75) is 13.1 Å². The Morgan fingerprint density at radius 1 is 1.10 bits per heavy atom. The van der Waals surface area contributed by atoms with Gasteiger partial charge in [-0.1, -0.05) is 28.1 Å². The molecule has 0 aliphatic rings. The van der Waals surface area contributed by atoms with Crippen molar-refractivity contribution in [1.82, 2.24) is 5.32 Å². The van der Waals surface area contributed by atoms with Crippen LogP contribution < -0.4 is 5.32 Å². The largest absolute Gasteiger partial charge is 0.478 e. The number of halogens is 3. The highest BCUT2D eigenvalue weighted by atomic mass is 79.9.